The van der Waals surface area contributed by atoms with E-state index >= 15 is 0 Å². The van der Waals surface area contributed by atoms with Gasteiger partial charge in [0.2, 0.25) is 0 Å². The summed E-state index contributed by atoms with van der Waals surface area (Å²) in [4.78, 5) is 4.67. The minimum atomic E-state index is 1.15. The van der Waals surface area contributed by atoms with Gasteiger partial charge in [-0.15, -0.1) is 0 Å². The molecule has 0 spiro atoms. The average Bonchev–Trinajstić information content (AvgIpc) is 3.78. The highest BCUT2D eigenvalue weighted by Gasteiger charge is 2.23. The molecule has 0 unspecified atom stereocenters. The molecule has 0 N–H and O–H groups in total. The Morgan fingerprint density at radius 1 is 0.354 bits per heavy atom. The maximum absolute atomic E-state index is 4.67. The Morgan fingerprint density at radius 2 is 0.958 bits per heavy atom. The highest BCUT2D eigenvalue weighted by Crippen LogP contribution is 2.48. The van der Waals surface area contributed by atoms with E-state index in [0.717, 1.165) is 5.69 Å². The van der Waals surface area contributed by atoms with Crippen molar-refractivity contribution >= 4 is 54.4 Å². The Kier molecular flexibility index (Phi) is 5.11. The Labute approximate surface area is 276 Å². The van der Waals surface area contributed by atoms with E-state index in [0.29, 0.717) is 0 Å². The summed E-state index contributed by atoms with van der Waals surface area (Å²) in [6.45, 7) is 0. The monoisotopic (exact) mass is 609 g/mol. The molecule has 1 aliphatic carbocycles. The molecule has 0 aliphatic heterocycles. The Hall–Kier alpha value is -6.45. The number of hydrogen-bond donors (Lipinski definition) is 0. The first-order valence-corrected chi connectivity index (χ1v) is 16.5. The van der Waals surface area contributed by atoms with E-state index in [9.17, 15) is 0 Å². The molecule has 222 valence electrons. The molecular formula is C45H27N3. The van der Waals surface area contributed by atoms with Crippen LogP contribution >= 0.6 is 0 Å². The molecular weight excluding hydrogens is 583 g/mol. The van der Waals surface area contributed by atoms with Gasteiger partial charge >= 0.3 is 0 Å². The molecule has 1 aliphatic rings. The topological polar surface area (TPSA) is 22.8 Å². The third-order valence-electron chi connectivity index (χ3n) is 10.3. The molecule has 0 bridgehead atoms. The SMILES string of the molecule is c1ccc(-n2c3ccccc3c3cc(-c4ccc5c6ccccc6n(-c6cc7c8c(cncc8c6)-c6ccccc6-7)c5c4)ccc32)cc1. The highest BCUT2D eigenvalue weighted by molar-refractivity contribution is 6.17. The molecule has 0 saturated heterocycles. The molecule has 11 rings (SSSR count). The zero-order valence-electron chi connectivity index (χ0n) is 25.9. The largest absolute Gasteiger partial charge is 0.309 e. The predicted octanol–water partition coefficient (Wildman–Crippen LogP) is 11.7. The number of aromatic nitrogens is 3. The van der Waals surface area contributed by atoms with Gasteiger partial charge in [0.15, 0.2) is 0 Å². The van der Waals surface area contributed by atoms with Crippen LogP contribution in [0.15, 0.2) is 164 Å². The van der Waals surface area contributed by atoms with Crippen molar-refractivity contribution < 1.29 is 0 Å². The van der Waals surface area contributed by atoms with Gasteiger partial charge in [-0.2, -0.15) is 0 Å². The molecule has 0 amide bonds. The summed E-state index contributed by atoms with van der Waals surface area (Å²) in [6.07, 6.45) is 4.02. The average molecular weight is 610 g/mol. The molecule has 0 fully saturated rings. The van der Waals surface area contributed by atoms with Crippen LogP contribution in [0.1, 0.15) is 0 Å². The maximum Gasteiger partial charge on any atom is 0.0547 e. The van der Waals surface area contributed by atoms with E-state index in [1.54, 1.807) is 0 Å². The van der Waals surface area contributed by atoms with Crippen LogP contribution in [0.3, 0.4) is 0 Å². The van der Waals surface area contributed by atoms with Crippen molar-refractivity contribution in [1.82, 2.24) is 14.1 Å². The normalized spacial score (nSPS) is 12.2. The van der Waals surface area contributed by atoms with Gasteiger partial charge in [-0.3, -0.25) is 4.98 Å². The van der Waals surface area contributed by atoms with E-state index in [-0.39, 0.29) is 0 Å². The summed E-state index contributed by atoms with van der Waals surface area (Å²) in [6, 6.07) is 55.4. The zero-order chi connectivity index (χ0) is 31.3. The lowest BCUT2D eigenvalue weighted by Gasteiger charge is -2.12. The third kappa shape index (κ3) is 3.45. The number of hydrogen-bond acceptors (Lipinski definition) is 1. The summed E-state index contributed by atoms with van der Waals surface area (Å²) >= 11 is 0. The van der Waals surface area contributed by atoms with E-state index in [2.05, 4.69) is 166 Å². The number of benzene rings is 7. The van der Waals surface area contributed by atoms with Crippen LogP contribution in [0.5, 0.6) is 0 Å². The molecule has 48 heavy (non-hydrogen) atoms. The fraction of sp³-hybridized carbons (Fsp3) is 0. The van der Waals surface area contributed by atoms with E-state index in [1.165, 1.54) is 93.5 Å². The zero-order valence-corrected chi connectivity index (χ0v) is 25.9. The van der Waals surface area contributed by atoms with Crippen molar-refractivity contribution in [2.24, 2.45) is 0 Å². The van der Waals surface area contributed by atoms with Crippen LogP contribution in [-0.4, -0.2) is 14.1 Å². The van der Waals surface area contributed by atoms with Crippen LogP contribution in [0.4, 0.5) is 0 Å². The second-order valence-corrected chi connectivity index (χ2v) is 12.8. The van der Waals surface area contributed by atoms with Crippen molar-refractivity contribution in [3.8, 4) is 44.8 Å². The van der Waals surface area contributed by atoms with Gasteiger partial charge in [0.25, 0.3) is 0 Å². The highest BCUT2D eigenvalue weighted by atomic mass is 15.0. The first kappa shape index (κ1) is 25.7. The Bertz CT molecular complexity index is 2940. The lowest BCUT2D eigenvalue weighted by Crippen LogP contribution is -1.95. The molecule has 3 heteroatoms. The smallest absolute Gasteiger partial charge is 0.0547 e. The Morgan fingerprint density at radius 3 is 1.77 bits per heavy atom. The fourth-order valence-electron chi connectivity index (χ4n) is 8.24. The standard InChI is InChI=1S/C45H27N3/c1-2-10-31(11-3-1)47-42-17-9-7-15-36(42)38-23-28(19-21-43(38)47)29-18-20-37-35-14-6-8-16-41(35)48(44(37)24-29)32-22-30-26-46-27-40-34-13-5-4-12-33(34)39(25-32)45(30)40/h1-27H. The van der Waals surface area contributed by atoms with Crippen molar-refractivity contribution in [2.45, 2.75) is 0 Å². The van der Waals surface area contributed by atoms with E-state index < -0.39 is 0 Å². The van der Waals surface area contributed by atoms with Gasteiger partial charge in [-0.25, -0.2) is 0 Å². The summed E-state index contributed by atoms with van der Waals surface area (Å²) < 4.78 is 4.81. The summed E-state index contributed by atoms with van der Waals surface area (Å²) in [7, 11) is 0. The fourth-order valence-corrected chi connectivity index (χ4v) is 8.24. The predicted molar refractivity (Wildman–Crippen MR) is 200 cm³/mol. The van der Waals surface area contributed by atoms with Gasteiger partial charge in [0, 0.05) is 61.6 Å². The second-order valence-electron chi connectivity index (χ2n) is 12.8. The quantitative estimate of drug-likeness (QED) is 0.195. The first-order chi connectivity index (χ1) is 23.8. The number of fused-ring (bicyclic) bond motifs is 9. The molecule has 0 atom stereocenters. The van der Waals surface area contributed by atoms with Crippen LogP contribution in [0.25, 0.3) is 99.1 Å². The number of rotatable bonds is 3. The van der Waals surface area contributed by atoms with Crippen LogP contribution in [0.2, 0.25) is 0 Å². The van der Waals surface area contributed by atoms with Gasteiger partial charge in [-0.1, -0.05) is 97.1 Å². The molecule has 3 nitrogen and oxygen atoms in total. The molecule has 0 radical (unpaired) electrons. The van der Waals surface area contributed by atoms with Crippen molar-refractivity contribution in [3.05, 3.63) is 164 Å². The number of pyridine rings is 1. The van der Waals surface area contributed by atoms with Crippen LogP contribution in [-0.2, 0) is 0 Å². The van der Waals surface area contributed by atoms with Crippen molar-refractivity contribution in [3.63, 3.8) is 0 Å². The minimum Gasteiger partial charge on any atom is -0.309 e. The molecule has 10 aromatic rings. The second kappa shape index (κ2) is 9.54. The first-order valence-electron chi connectivity index (χ1n) is 16.5. The van der Waals surface area contributed by atoms with Gasteiger partial charge in [-0.05, 0) is 82.4 Å². The molecule has 7 aromatic carbocycles. The molecule has 0 saturated carbocycles. The number of para-hydroxylation sites is 3. The minimum absolute atomic E-state index is 1.15. The van der Waals surface area contributed by atoms with E-state index in [1.807, 2.05) is 12.4 Å². The molecule has 3 aromatic heterocycles. The summed E-state index contributed by atoms with van der Waals surface area (Å²) in [5.74, 6) is 0. The number of nitrogens with zero attached hydrogens (tertiary/aromatic N) is 3. The third-order valence-corrected chi connectivity index (χ3v) is 10.3. The molecule has 3 heterocycles. The summed E-state index contributed by atoms with van der Waals surface area (Å²) in [5.41, 5.74) is 14.6. The summed E-state index contributed by atoms with van der Waals surface area (Å²) in [5, 5.41) is 7.48. The maximum atomic E-state index is 4.67. The van der Waals surface area contributed by atoms with Gasteiger partial charge in [0.05, 0.1) is 22.1 Å². The van der Waals surface area contributed by atoms with Gasteiger partial charge in [0.1, 0.15) is 0 Å². The van der Waals surface area contributed by atoms with Gasteiger partial charge < -0.3 is 9.13 Å². The van der Waals surface area contributed by atoms with Crippen LogP contribution in [0, 0.1) is 0 Å². The lowest BCUT2D eigenvalue weighted by atomic mass is 10.0. The Balaban J connectivity index is 1.15. The lowest BCUT2D eigenvalue weighted by molar-refractivity contribution is 1.18. The van der Waals surface area contributed by atoms with Crippen molar-refractivity contribution in [2.75, 3.05) is 0 Å². The van der Waals surface area contributed by atoms with Crippen molar-refractivity contribution in [1.29, 1.82) is 0 Å². The van der Waals surface area contributed by atoms with E-state index in [4.69, 9.17) is 0 Å². The van der Waals surface area contributed by atoms with Crippen LogP contribution < -0.4 is 0 Å².